The molecule has 1 amide bonds. The Bertz CT molecular complexity index is 628. The Morgan fingerprint density at radius 2 is 1.75 bits per heavy atom. The average molecular weight is 416 g/mol. The van der Waals surface area contributed by atoms with Gasteiger partial charge in [0.05, 0.1) is 27.3 Å². The third-order valence-electron chi connectivity index (χ3n) is 4.82. The maximum Gasteiger partial charge on any atom is 0.317 e. The predicted molar refractivity (Wildman–Crippen MR) is 110 cm³/mol. The lowest BCUT2D eigenvalue weighted by Crippen LogP contribution is -2.48. The van der Waals surface area contributed by atoms with Crippen LogP contribution in [0.2, 0.25) is 0 Å². The molecule has 9 heteroatoms. The molecule has 0 atom stereocenters. The lowest BCUT2D eigenvalue weighted by molar-refractivity contribution is -0.139. The van der Waals surface area contributed by atoms with Crippen LogP contribution in [0.3, 0.4) is 0 Å². The van der Waals surface area contributed by atoms with Crippen molar-refractivity contribution in [2.24, 2.45) is 0 Å². The van der Waals surface area contributed by atoms with Gasteiger partial charge in [0.2, 0.25) is 5.91 Å². The van der Waals surface area contributed by atoms with Gasteiger partial charge in [-0.3, -0.25) is 19.4 Å². The number of piperidine rings is 1. The number of rotatable bonds is 9. The van der Waals surface area contributed by atoms with Crippen molar-refractivity contribution in [3.05, 3.63) is 18.2 Å². The van der Waals surface area contributed by atoms with Crippen molar-refractivity contribution in [1.82, 2.24) is 9.80 Å². The summed E-state index contributed by atoms with van der Waals surface area (Å²) in [5.74, 6) is 0.334. The quantitative estimate of drug-likeness (QED) is 0.636. The number of likely N-dealkylation sites (N-methyl/N-ethyl adjacent to an activating group) is 1. The summed E-state index contributed by atoms with van der Waals surface area (Å²) in [6.07, 6.45) is 1.72. The molecule has 0 unspecified atom stereocenters. The van der Waals surface area contributed by atoms with E-state index in [0.717, 1.165) is 32.5 Å². The van der Waals surface area contributed by atoms with Crippen molar-refractivity contribution in [3.63, 3.8) is 0 Å². The Kier molecular flexibility index (Phi) is 10.1. The molecule has 8 nitrogen and oxygen atoms in total. The van der Waals surface area contributed by atoms with Crippen LogP contribution in [0.25, 0.3) is 0 Å². The number of carbonyl (C=O) groups excluding carboxylic acids is 1. The van der Waals surface area contributed by atoms with E-state index >= 15 is 0 Å². The minimum atomic E-state index is -0.799. The summed E-state index contributed by atoms with van der Waals surface area (Å²) in [6.45, 7) is 4.61. The van der Waals surface area contributed by atoms with E-state index in [4.69, 9.17) is 14.6 Å². The summed E-state index contributed by atoms with van der Waals surface area (Å²) in [7, 11) is 3.13. The first-order chi connectivity index (χ1) is 12.9. The summed E-state index contributed by atoms with van der Waals surface area (Å²) in [6, 6.07) is 5.50. The topological polar surface area (TPSA) is 91.3 Å². The molecule has 0 radical (unpaired) electrons. The number of amides is 1. The first-order valence-corrected chi connectivity index (χ1v) is 9.16. The van der Waals surface area contributed by atoms with E-state index in [1.807, 2.05) is 11.8 Å². The maximum atomic E-state index is 12.4. The van der Waals surface area contributed by atoms with Crippen LogP contribution in [-0.4, -0.2) is 79.8 Å². The first-order valence-electron chi connectivity index (χ1n) is 9.16. The second-order valence-electron chi connectivity index (χ2n) is 6.61. The van der Waals surface area contributed by atoms with Gasteiger partial charge in [-0.2, -0.15) is 0 Å². The molecule has 0 bridgehead atoms. The third-order valence-corrected chi connectivity index (χ3v) is 4.82. The summed E-state index contributed by atoms with van der Waals surface area (Å²) >= 11 is 0. The van der Waals surface area contributed by atoms with E-state index in [0.29, 0.717) is 23.7 Å². The van der Waals surface area contributed by atoms with Gasteiger partial charge in [0, 0.05) is 43.0 Å². The number of aliphatic carboxylic acids is 1. The largest absolute Gasteiger partial charge is 0.497 e. The van der Waals surface area contributed by atoms with Crippen molar-refractivity contribution in [1.29, 1.82) is 0 Å². The summed E-state index contributed by atoms with van der Waals surface area (Å²) in [4.78, 5) is 27.4. The first kappa shape index (κ1) is 24.0. The number of nitrogens with zero attached hydrogens (tertiary/aromatic N) is 2. The number of carboxylic acid groups (broad SMARTS) is 1. The minimum absolute atomic E-state index is 0. The van der Waals surface area contributed by atoms with E-state index in [2.05, 4.69) is 10.2 Å². The molecule has 2 N–H and O–H groups in total. The molecule has 1 aromatic carbocycles. The fraction of sp³-hybridized carbons (Fsp3) is 0.579. The van der Waals surface area contributed by atoms with Crippen molar-refractivity contribution < 1.29 is 24.2 Å². The molecule has 1 aromatic rings. The molecule has 1 aliphatic heterocycles. The number of halogens is 1. The molecule has 0 aliphatic carbocycles. The maximum absolute atomic E-state index is 12.4. The fourth-order valence-electron chi connectivity index (χ4n) is 3.40. The molecular weight excluding hydrogens is 386 g/mol. The molecular formula is C19H30ClN3O5. The Balaban J connectivity index is 0.00000392. The molecule has 2 rings (SSSR count). The van der Waals surface area contributed by atoms with Crippen LogP contribution in [0.4, 0.5) is 5.69 Å². The molecule has 28 heavy (non-hydrogen) atoms. The molecule has 0 spiro atoms. The molecule has 0 saturated carbocycles. The Morgan fingerprint density at radius 1 is 1.18 bits per heavy atom. The number of benzene rings is 1. The normalized spacial score (nSPS) is 15.0. The highest BCUT2D eigenvalue weighted by Crippen LogP contribution is 2.25. The van der Waals surface area contributed by atoms with Crippen LogP contribution >= 0.6 is 12.4 Å². The molecule has 0 aromatic heterocycles. The summed E-state index contributed by atoms with van der Waals surface area (Å²) in [5.41, 5.74) is 0.629. The van der Waals surface area contributed by atoms with Gasteiger partial charge in [-0.25, -0.2) is 0 Å². The third kappa shape index (κ3) is 7.18. The number of methoxy groups -OCH3 is 2. The van der Waals surface area contributed by atoms with Crippen molar-refractivity contribution >= 4 is 30.0 Å². The molecule has 1 saturated heterocycles. The fourth-order valence-corrected chi connectivity index (χ4v) is 3.40. The SMILES string of the molecule is CCN(CC(=O)O)C1CCN(CC(=O)Nc2cc(OC)cc(OC)c2)CC1.Cl. The number of ether oxygens (including phenoxy) is 2. The van der Waals surface area contributed by atoms with Gasteiger partial charge >= 0.3 is 5.97 Å². The molecule has 1 fully saturated rings. The number of nitrogens with one attached hydrogen (secondary N) is 1. The zero-order chi connectivity index (χ0) is 19.8. The number of hydrogen-bond acceptors (Lipinski definition) is 6. The van der Waals surface area contributed by atoms with E-state index in [1.165, 1.54) is 0 Å². The number of anilines is 1. The average Bonchev–Trinajstić information content (AvgIpc) is 2.66. The monoisotopic (exact) mass is 415 g/mol. The minimum Gasteiger partial charge on any atom is -0.497 e. The van der Waals surface area contributed by atoms with Gasteiger partial charge in [-0.15, -0.1) is 12.4 Å². The number of carbonyl (C=O) groups is 2. The van der Waals surface area contributed by atoms with Crippen LogP contribution in [0.1, 0.15) is 19.8 Å². The van der Waals surface area contributed by atoms with Gasteiger partial charge in [-0.1, -0.05) is 6.92 Å². The number of carboxylic acids is 1. The zero-order valence-electron chi connectivity index (χ0n) is 16.6. The van der Waals surface area contributed by atoms with Crippen molar-refractivity contribution in [2.45, 2.75) is 25.8 Å². The summed E-state index contributed by atoms with van der Waals surface area (Å²) in [5, 5.41) is 11.9. The highest BCUT2D eigenvalue weighted by atomic mass is 35.5. The van der Waals surface area contributed by atoms with E-state index in [9.17, 15) is 9.59 Å². The van der Waals surface area contributed by atoms with Crippen LogP contribution in [0, 0.1) is 0 Å². The van der Waals surface area contributed by atoms with Gasteiger partial charge in [0.1, 0.15) is 11.5 Å². The zero-order valence-corrected chi connectivity index (χ0v) is 17.5. The Labute approximate surface area is 172 Å². The summed E-state index contributed by atoms with van der Waals surface area (Å²) < 4.78 is 10.4. The van der Waals surface area contributed by atoms with Gasteiger partial charge < -0.3 is 19.9 Å². The second kappa shape index (κ2) is 11.7. The van der Waals surface area contributed by atoms with E-state index < -0.39 is 5.97 Å². The van der Waals surface area contributed by atoms with Gasteiger partial charge in [0.25, 0.3) is 0 Å². The Hall–Kier alpha value is -2.03. The van der Waals surface area contributed by atoms with Crippen LogP contribution < -0.4 is 14.8 Å². The van der Waals surface area contributed by atoms with Crippen molar-refractivity contribution in [2.75, 3.05) is 52.3 Å². The number of hydrogen-bond donors (Lipinski definition) is 2. The smallest absolute Gasteiger partial charge is 0.317 e. The molecule has 158 valence electrons. The van der Waals surface area contributed by atoms with Crippen LogP contribution in [0.5, 0.6) is 11.5 Å². The predicted octanol–water partition coefficient (Wildman–Crippen LogP) is 1.94. The lowest BCUT2D eigenvalue weighted by Gasteiger charge is -2.37. The van der Waals surface area contributed by atoms with Gasteiger partial charge in [-0.05, 0) is 19.4 Å². The lowest BCUT2D eigenvalue weighted by atomic mass is 10.0. The van der Waals surface area contributed by atoms with E-state index in [-0.39, 0.29) is 30.9 Å². The van der Waals surface area contributed by atoms with E-state index in [1.54, 1.807) is 32.4 Å². The number of likely N-dealkylation sites (tertiary alicyclic amines) is 1. The Morgan fingerprint density at radius 3 is 2.21 bits per heavy atom. The highest BCUT2D eigenvalue weighted by molar-refractivity contribution is 5.92. The highest BCUT2D eigenvalue weighted by Gasteiger charge is 2.25. The standard InChI is InChI=1S/C19H29N3O5.ClH/c1-4-22(13-19(24)25)15-5-7-21(8-6-15)12-18(23)20-14-9-16(26-2)11-17(10-14)27-3;/h9-11,15H,4-8,12-13H2,1-3H3,(H,20,23)(H,24,25);1H. The van der Waals surface area contributed by atoms with Crippen molar-refractivity contribution in [3.8, 4) is 11.5 Å². The van der Waals surface area contributed by atoms with Gasteiger partial charge in [0.15, 0.2) is 0 Å². The molecule has 1 heterocycles. The van der Waals surface area contributed by atoms with Crippen LogP contribution in [-0.2, 0) is 9.59 Å². The van der Waals surface area contributed by atoms with Crippen LogP contribution in [0.15, 0.2) is 18.2 Å². The second-order valence-corrected chi connectivity index (χ2v) is 6.61. The molecule has 1 aliphatic rings.